The molecule has 0 aliphatic carbocycles. The SMILES string of the molecule is CC1OC(CO)C(O)C(O)C1NS(=O)(=O)O. The fourth-order valence-corrected chi connectivity index (χ4v) is 2.31. The van der Waals surface area contributed by atoms with Gasteiger partial charge in [-0.15, -0.1) is 0 Å². The Bertz CT molecular complexity index is 332. The third-order valence-electron chi connectivity index (χ3n) is 2.46. The Balaban J connectivity index is 2.80. The van der Waals surface area contributed by atoms with Crippen LogP contribution in [0.1, 0.15) is 6.92 Å². The number of rotatable bonds is 3. The molecule has 0 spiro atoms. The predicted octanol–water partition coefficient (Wildman–Crippen LogP) is -2.75. The molecule has 8 nitrogen and oxygen atoms in total. The largest absolute Gasteiger partial charge is 0.394 e. The minimum absolute atomic E-state index is 0.499. The molecule has 1 fully saturated rings. The van der Waals surface area contributed by atoms with E-state index in [2.05, 4.69) is 0 Å². The number of hydrogen-bond acceptors (Lipinski definition) is 6. The van der Waals surface area contributed by atoms with E-state index >= 15 is 0 Å². The molecule has 0 amide bonds. The van der Waals surface area contributed by atoms with Gasteiger partial charge in [0.25, 0.3) is 0 Å². The summed E-state index contributed by atoms with van der Waals surface area (Å²) in [6.07, 6.45) is -4.68. The molecule has 1 saturated heterocycles. The number of hydrogen-bond donors (Lipinski definition) is 5. The van der Waals surface area contributed by atoms with Crippen molar-refractivity contribution < 1.29 is 33.0 Å². The Morgan fingerprint density at radius 3 is 2.31 bits per heavy atom. The molecule has 1 rings (SSSR count). The van der Waals surface area contributed by atoms with E-state index in [1.54, 1.807) is 4.72 Å². The van der Waals surface area contributed by atoms with Gasteiger partial charge in [-0.1, -0.05) is 0 Å². The monoisotopic (exact) mass is 257 g/mol. The van der Waals surface area contributed by atoms with Crippen molar-refractivity contribution in [1.29, 1.82) is 0 Å². The maximum atomic E-state index is 10.6. The summed E-state index contributed by atoms with van der Waals surface area (Å²) in [6, 6.07) is -1.17. The van der Waals surface area contributed by atoms with E-state index in [0.29, 0.717) is 0 Å². The maximum Gasteiger partial charge on any atom is 0.333 e. The second-order valence-electron chi connectivity index (χ2n) is 3.66. The molecule has 0 bridgehead atoms. The van der Waals surface area contributed by atoms with Crippen molar-refractivity contribution in [3.05, 3.63) is 0 Å². The molecule has 96 valence electrons. The molecule has 0 aromatic carbocycles. The van der Waals surface area contributed by atoms with Gasteiger partial charge < -0.3 is 20.1 Å². The van der Waals surface area contributed by atoms with Crippen LogP contribution in [0.5, 0.6) is 0 Å². The molecule has 16 heavy (non-hydrogen) atoms. The van der Waals surface area contributed by atoms with Gasteiger partial charge in [-0.2, -0.15) is 13.1 Å². The number of aliphatic hydroxyl groups is 3. The molecule has 5 N–H and O–H groups in total. The average Bonchev–Trinajstić information content (AvgIpc) is 2.17. The van der Waals surface area contributed by atoms with Crippen LogP contribution in [0.2, 0.25) is 0 Å². The standard InChI is InChI=1S/C7H15NO7S/c1-3-5(8-16(12,13)14)7(11)6(10)4(2-9)15-3/h3-11H,2H2,1H3,(H,12,13,14). The minimum atomic E-state index is -4.50. The van der Waals surface area contributed by atoms with Crippen LogP contribution in [0.25, 0.3) is 0 Å². The van der Waals surface area contributed by atoms with Crippen molar-refractivity contribution >= 4 is 10.3 Å². The van der Waals surface area contributed by atoms with E-state index in [0.717, 1.165) is 0 Å². The summed E-state index contributed by atoms with van der Waals surface area (Å²) in [5.41, 5.74) is 0. The van der Waals surface area contributed by atoms with Gasteiger partial charge in [-0.05, 0) is 6.92 Å². The van der Waals surface area contributed by atoms with Gasteiger partial charge in [0.1, 0.15) is 18.3 Å². The van der Waals surface area contributed by atoms with Gasteiger partial charge in [0.2, 0.25) is 0 Å². The first-order valence-corrected chi connectivity index (χ1v) is 6.07. The van der Waals surface area contributed by atoms with Crippen molar-refractivity contribution in [2.75, 3.05) is 6.61 Å². The lowest BCUT2D eigenvalue weighted by Crippen LogP contribution is -2.63. The summed E-state index contributed by atoms with van der Waals surface area (Å²) < 4.78 is 36.6. The van der Waals surface area contributed by atoms with Crippen molar-refractivity contribution in [2.45, 2.75) is 37.4 Å². The quantitative estimate of drug-likeness (QED) is 0.346. The average molecular weight is 257 g/mol. The zero-order valence-electron chi connectivity index (χ0n) is 8.52. The lowest BCUT2D eigenvalue weighted by molar-refractivity contribution is -0.186. The Morgan fingerprint density at radius 1 is 1.31 bits per heavy atom. The molecular formula is C7H15NO7S. The van der Waals surface area contributed by atoms with Crippen LogP contribution in [-0.2, 0) is 15.0 Å². The van der Waals surface area contributed by atoms with E-state index in [4.69, 9.17) is 14.4 Å². The van der Waals surface area contributed by atoms with Crippen molar-refractivity contribution in [2.24, 2.45) is 0 Å². The van der Waals surface area contributed by atoms with Gasteiger partial charge in [0.05, 0.1) is 18.8 Å². The molecule has 1 heterocycles. The zero-order chi connectivity index (χ0) is 12.5. The second-order valence-corrected chi connectivity index (χ2v) is 4.85. The Kier molecular flexibility index (Phi) is 4.23. The summed E-state index contributed by atoms with van der Waals surface area (Å²) in [5, 5.41) is 27.9. The topological polar surface area (TPSA) is 136 Å². The number of nitrogens with one attached hydrogen (secondary N) is 1. The Morgan fingerprint density at radius 2 is 1.88 bits per heavy atom. The molecule has 1 aliphatic heterocycles. The third kappa shape index (κ3) is 3.10. The van der Waals surface area contributed by atoms with Gasteiger partial charge in [0.15, 0.2) is 0 Å². The van der Waals surface area contributed by atoms with Crippen LogP contribution in [0, 0.1) is 0 Å². The van der Waals surface area contributed by atoms with Crippen LogP contribution in [0.3, 0.4) is 0 Å². The summed E-state index contributed by atoms with van der Waals surface area (Å²) in [7, 11) is -4.50. The Labute approximate surface area is 92.7 Å². The minimum Gasteiger partial charge on any atom is -0.394 e. The summed E-state index contributed by atoms with van der Waals surface area (Å²) in [5.74, 6) is 0. The van der Waals surface area contributed by atoms with E-state index in [1.807, 2.05) is 0 Å². The maximum absolute atomic E-state index is 10.6. The molecule has 0 aromatic heterocycles. The predicted molar refractivity (Wildman–Crippen MR) is 51.9 cm³/mol. The molecule has 5 atom stereocenters. The fraction of sp³-hybridized carbons (Fsp3) is 1.00. The van der Waals surface area contributed by atoms with Gasteiger partial charge in [0, 0.05) is 0 Å². The molecule has 0 saturated carbocycles. The van der Waals surface area contributed by atoms with E-state index in [-0.39, 0.29) is 0 Å². The molecule has 0 aromatic rings. The van der Waals surface area contributed by atoms with Crippen molar-refractivity contribution in [3.63, 3.8) is 0 Å². The highest BCUT2D eigenvalue weighted by Crippen LogP contribution is 2.21. The number of aliphatic hydroxyl groups excluding tert-OH is 3. The van der Waals surface area contributed by atoms with Crippen LogP contribution in [-0.4, -0.2) is 65.4 Å². The molecule has 1 aliphatic rings. The van der Waals surface area contributed by atoms with Gasteiger partial charge in [-0.25, -0.2) is 0 Å². The van der Waals surface area contributed by atoms with E-state index < -0.39 is 47.4 Å². The first-order chi connectivity index (χ1) is 7.26. The molecule has 9 heteroatoms. The van der Waals surface area contributed by atoms with Crippen molar-refractivity contribution in [3.8, 4) is 0 Å². The molecule has 0 radical (unpaired) electrons. The van der Waals surface area contributed by atoms with Gasteiger partial charge >= 0.3 is 10.3 Å². The van der Waals surface area contributed by atoms with Gasteiger partial charge in [-0.3, -0.25) is 4.55 Å². The lowest BCUT2D eigenvalue weighted by Gasteiger charge is -2.40. The molecule has 5 unspecified atom stereocenters. The highest BCUT2D eigenvalue weighted by atomic mass is 32.2. The normalized spacial score (nSPS) is 40.9. The highest BCUT2D eigenvalue weighted by molar-refractivity contribution is 7.83. The van der Waals surface area contributed by atoms with Crippen LogP contribution in [0.15, 0.2) is 0 Å². The van der Waals surface area contributed by atoms with Crippen LogP contribution in [0.4, 0.5) is 0 Å². The van der Waals surface area contributed by atoms with E-state index in [9.17, 15) is 18.6 Å². The highest BCUT2D eigenvalue weighted by Gasteiger charge is 2.43. The number of ether oxygens (including phenoxy) is 1. The smallest absolute Gasteiger partial charge is 0.333 e. The van der Waals surface area contributed by atoms with Crippen molar-refractivity contribution in [1.82, 2.24) is 4.72 Å². The Hall–Kier alpha value is -0.290. The first kappa shape index (κ1) is 13.8. The van der Waals surface area contributed by atoms with Crippen LogP contribution >= 0.6 is 0 Å². The fourth-order valence-electron chi connectivity index (χ4n) is 1.64. The van der Waals surface area contributed by atoms with E-state index in [1.165, 1.54) is 6.92 Å². The summed E-state index contributed by atoms with van der Waals surface area (Å²) >= 11 is 0. The van der Waals surface area contributed by atoms with Crippen LogP contribution < -0.4 is 4.72 Å². The zero-order valence-corrected chi connectivity index (χ0v) is 9.33. The summed E-state index contributed by atoms with van der Waals surface area (Å²) in [4.78, 5) is 0. The summed E-state index contributed by atoms with van der Waals surface area (Å²) in [6.45, 7) is 0.946. The third-order valence-corrected chi connectivity index (χ3v) is 3.03. The lowest BCUT2D eigenvalue weighted by atomic mass is 9.94. The first-order valence-electron chi connectivity index (χ1n) is 4.63. The second kappa shape index (κ2) is 4.92. The molecular weight excluding hydrogens is 242 g/mol.